The van der Waals surface area contributed by atoms with Crippen LogP contribution in [-0.4, -0.2) is 31.9 Å². The van der Waals surface area contributed by atoms with E-state index in [9.17, 15) is 18.0 Å². The minimum atomic E-state index is -3.73. The zero-order valence-corrected chi connectivity index (χ0v) is 15.1. The van der Waals surface area contributed by atoms with Gasteiger partial charge in [0.25, 0.3) is 0 Å². The molecule has 0 bridgehead atoms. The van der Waals surface area contributed by atoms with E-state index in [0.717, 1.165) is 19.3 Å². The first-order chi connectivity index (χ1) is 11.7. The van der Waals surface area contributed by atoms with Crippen molar-refractivity contribution in [3.8, 4) is 0 Å². The molecule has 8 heteroatoms. The molecular weight excluding hydrogens is 344 g/mol. The van der Waals surface area contributed by atoms with Gasteiger partial charge in [0.1, 0.15) is 0 Å². The summed E-state index contributed by atoms with van der Waals surface area (Å²) < 4.78 is 27.6. The number of hydrogen-bond acceptors (Lipinski definition) is 4. The van der Waals surface area contributed by atoms with Gasteiger partial charge in [0, 0.05) is 19.2 Å². The zero-order chi connectivity index (χ0) is 18.5. The second kappa shape index (κ2) is 7.97. The smallest absolute Gasteiger partial charge is 0.303 e. The molecule has 1 saturated carbocycles. The number of aliphatic carboxylic acids is 1. The highest BCUT2D eigenvalue weighted by atomic mass is 32.2. The van der Waals surface area contributed by atoms with E-state index in [2.05, 4.69) is 10.0 Å². The number of carbonyl (C=O) groups is 2. The largest absolute Gasteiger partial charge is 0.481 e. The fourth-order valence-corrected chi connectivity index (χ4v) is 4.45. The Morgan fingerprint density at radius 2 is 1.72 bits per heavy atom. The molecule has 0 aliphatic heterocycles. The van der Waals surface area contributed by atoms with Crippen LogP contribution in [0.5, 0.6) is 0 Å². The van der Waals surface area contributed by atoms with Gasteiger partial charge in [-0.25, -0.2) is 13.1 Å². The van der Waals surface area contributed by atoms with Gasteiger partial charge in [0.2, 0.25) is 15.9 Å². The van der Waals surface area contributed by atoms with E-state index in [-0.39, 0.29) is 23.8 Å². The van der Waals surface area contributed by atoms with Crippen LogP contribution in [0.25, 0.3) is 0 Å². The number of benzene rings is 1. The lowest BCUT2D eigenvalue weighted by Gasteiger charge is -2.36. The summed E-state index contributed by atoms with van der Waals surface area (Å²) in [6.07, 6.45) is 4.28. The van der Waals surface area contributed by atoms with E-state index in [1.165, 1.54) is 31.2 Å². The lowest BCUT2D eigenvalue weighted by molar-refractivity contribution is -0.140. The van der Waals surface area contributed by atoms with Crippen molar-refractivity contribution in [1.82, 2.24) is 4.72 Å². The Morgan fingerprint density at radius 3 is 2.24 bits per heavy atom. The number of anilines is 1. The molecule has 0 unspecified atom stereocenters. The Bertz CT molecular complexity index is 722. The van der Waals surface area contributed by atoms with Gasteiger partial charge in [0.05, 0.1) is 11.3 Å². The monoisotopic (exact) mass is 368 g/mol. The van der Waals surface area contributed by atoms with Crippen LogP contribution in [0.2, 0.25) is 0 Å². The summed E-state index contributed by atoms with van der Waals surface area (Å²) in [5.74, 6) is -1.14. The Morgan fingerprint density at radius 1 is 1.12 bits per heavy atom. The molecule has 0 saturated heterocycles. The van der Waals surface area contributed by atoms with Gasteiger partial charge in [-0.3, -0.25) is 9.59 Å². The predicted molar refractivity (Wildman–Crippen MR) is 93.7 cm³/mol. The summed E-state index contributed by atoms with van der Waals surface area (Å²) in [6, 6.07) is 5.86. The first-order valence-electron chi connectivity index (χ1n) is 8.32. The minimum absolute atomic E-state index is 0.0308. The van der Waals surface area contributed by atoms with Crippen molar-refractivity contribution in [3.05, 3.63) is 24.3 Å². The van der Waals surface area contributed by atoms with E-state index in [4.69, 9.17) is 5.11 Å². The molecule has 1 amide bonds. The summed E-state index contributed by atoms with van der Waals surface area (Å²) in [4.78, 5) is 22.3. The van der Waals surface area contributed by atoms with E-state index in [1.807, 2.05) is 0 Å². The van der Waals surface area contributed by atoms with Crippen LogP contribution in [0.3, 0.4) is 0 Å². The molecule has 25 heavy (non-hydrogen) atoms. The molecule has 1 aromatic carbocycles. The Labute approximate surface area is 147 Å². The number of sulfonamides is 1. The van der Waals surface area contributed by atoms with Crippen molar-refractivity contribution < 1.29 is 23.1 Å². The van der Waals surface area contributed by atoms with Crippen LogP contribution in [0.4, 0.5) is 5.69 Å². The molecule has 0 aromatic heterocycles. The fraction of sp³-hybridized carbons (Fsp3) is 0.529. The molecule has 0 radical (unpaired) electrons. The normalized spacial score (nSPS) is 17.0. The highest BCUT2D eigenvalue weighted by Crippen LogP contribution is 2.39. The molecule has 1 aromatic rings. The molecule has 3 N–H and O–H groups in total. The highest BCUT2D eigenvalue weighted by molar-refractivity contribution is 7.89. The molecule has 1 aliphatic carbocycles. The highest BCUT2D eigenvalue weighted by Gasteiger charge is 2.35. The predicted octanol–water partition coefficient (Wildman–Crippen LogP) is 2.35. The van der Waals surface area contributed by atoms with Gasteiger partial charge >= 0.3 is 5.97 Å². The molecule has 138 valence electrons. The average molecular weight is 368 g/mol. The molecule has 2 rings (SSSR count). The maximum Gasteiger partial charge on any atom is 0.303 e. The Kier molecular flexibility index (Phi) is 6.18. The van der Waals surface area contributed by atoms with Crippen molar-refractivity contribution >= 4 is 27.6 Å². The van der Waals surface area contributed by atoms with Crippen molar-refractivity contribution in [2.24, 2.45) is 5.41 Å². The molecule has 0 heterocycles. The van der Waals surface area contributed by atoms with Crippen LogP contribution in [-0.2, 0) is 19.6 Å². The van der Waals surface area contributed by atoms with Crippen molar-refractivity contribution in [2.45, 2.75) is 50.3 Å². The van der Waals surface area contributed by atoms with E-state index >= 15 is 0 Å². The second-order valence-electron chi connectivity index (χ2n) is 6.66. The Balaban J connectivity index is 2.08. The van der Waals surface area contributed by atoms with Crippen LogP contribution in [0.1, 0.15) is 45.4 Å². The third kappa shape index (κ3) is 5.54. The second-order valence-corrected chi connectivity index (χ2v) is 8.43. The summed E-state index contributed by atoms with van der Waals surface area (Å²) in [6.45, 7) is 1.49. The average Bonchev–Trinajstić information content (AvgIpc) is 2.53. The van der Waals surface area contributed by atoms with E-state index in [0.29, 0.717) is 18.5 Å². The third-order valence-electron chi connectivity index (χ3n) is 4.56. The fourth-order valence-electron chi connectivity index (χ4n) is 3.29. The number of carbonyl (C=O) groups excluding carboxylic acids is 1. The molecule has 1 aliphatic rings. The first-order valence-corrected chi connectivity index (χ1v) is 9.80. The molecular formula is C17H24N2O5S. The number of amides is 1. The molecule has 0 spiro atoms. The van der Waals surface area contributed by atoms with Gasteiger partial charge in [-0.05, 0) is 42.5 Å². The van der Waals surface area contributed by atoms with E-state index < -0.39 is 21.4 Å². The lowest BCUT2D eigenvalue weighted by atomic mass is 9.72. The SMILES string of the molecule is CC(=O)Nc1ccc(S(=O)(=O)NCC2(CC(=O)O)CCCCC2)cc1. The van der Waals surface area contributed by atoms with Crippen LogP contribution in [0, 0.1) is 5.41 Å². The summed E-state index contributed by atoms with van der Waals surface area (Å²) in [7, 11) is -3.73. The van der Waals surface area contributed by atoms with Gasteiger partial charge in [-0.1, -0.05) is 19.3 Å². The van der Waals surface area contributed by atoms with Crippen LogP contribution in [0.15, 0.2) is 29.2 Å². The third-order valence-corrected chi connectivity index (χ3v) is 5.98. The van der Waals surface area contributed by atoms with Gasteiger partial charge in [-0.15, -0.1) is 0 Å². The molecule has 0 atom stereocenters. The van der Waals surface area contributed by atoms with Gasteiger partial charge in [-0.2, -0.15) is 0 Å². The molecule has 7 nitrogen and oxygen atoms in total. The van der Waals surface area contributed by atoms with Crippen molar-refractivity contribution in [2.75, 3.05) is 11.9 Å². The Hall–Kier alpha value is -1.93. The summed E-state index contributed by atoms with van der Waals surface area (Å²) in [5, 5.41) is 11.7. The van der Waals surface area contributed by atoms with Crippen LogP contribution >= 0.6 is 0 Å². The first kappa shape index (κ1) is 19.4. The maximum absolute atomic E-state index is 12.5. The number of carboxylic acid groups (broad SMARTS) is 1. The number of hydrogen-bond donors (Lipinski definition) is 3. The zero-order valence-electron chi connectivity index (χ0n) is 14.2. The number of rotatable bonds is 7. The number of nitrogens with one attached hydrogen (secondary N) is 2. The molecule has 1 fully saturated rings. The van der Waals surface area contributed by atoms with Gasteiger partial charge < -0.3 is 10.4 Å². The standard InChI is InChI=1S/C17H24N2O5S/c1-13(20)19-14-5-7-15(8-6-14)25(23,24)18-12-17(11-16(21)22)9-3-2-4-10-17/h5-8,18H,2-4,9-12H2,1H3,(H,19,20)(H,21,22). The van der Waals surface area contributed by atoms with Crippen molar-refractivity contribution in [3.63, 3.8) is 0 Å². The van der Waals surface area contributed by atoms with E-state index in [1.54, 1.807) is 0 Å². The lowest BCUT2D eigenvalue weighted by Crippen LogP contribution is -2.40. The topological polar surface area (TPSA) is 113 Å². The van der Waals surface area contributed by atoms with Crippen LogP contribution < -0.4 is 10.0 Å². The minimum Gasteiger partial charge on any atom is -0.481 e. The quantitative estimate of drug-likeness (QED) is 0.684. The maximum atomic E-state index is 12.5. The van der Waals surface area contributed by atoms with Crippen molar-refractivity contribution in [1.29, 1.82) is 0 Å². The summed E-state index contributed by atoms with van der Waals surface area (Å²) >= 11 is 0. The summed E-state index contributed by atoms with van der Waals surface area (Å²) in [5.41, 5.74) is -0.00567. The number of carboxylic acids is 1. The van der Waals surface area contributed by atoms with Gasteiger partial charge in [0.15, 0.2) is 0 Å².